The fourth-order valence-corrected chi connectivity index (χ4v) is 5.03. The predicted octanol–water partition coefficient (Wildman–Crippen LogP) is 2.23. The van der Waals surface area contributed by atoms with E-state index < -0.39 is 14.9 Å². The van der Waals surface area contributed by atoms with Crippen LogP contribution in [0.2, 0.25) is 0 Å². The molecule has 7 nitrogen and oxygen atoms in total. The van der Waals surface area contributed by atoms with Crippen LogP contribution in [0.25, 0.3) is 0 Å². The zero-order chi connectivity index (χ0) is 16.8. The molecule has 0 aliphatic carbocycles. The van der Waals surface area contributed by atoms with E-state index in [0.717, 1.165) is 31.7 Å². The van der Waals surface area contributed by atoms with Gasteiger partial charge in [0.2, 0.25) is 10.0 Å². The maximum Gasteiger partial charge on any atom is 0.273 e. The van der Waals surface area contributed by atoms with E-state index in [2.05, 4.69) is 5.32 Å². The Labute approximate surface area is 148 Å². The molecular weight excluding hydrogens is 354 g/mol. The molecule has 9 heteroatoms. The highest BCUT2D eigenvalue weighted by Gasteiger charge is 2.39. The van der Waals surface area contributed by atoms with Crippen LogP contribution >= 0.6 is 12.4 Å². The lowest BCUT2D eigenvalue weighted by Gasteiger charge is -2.34. The zero-order valence-corrected chi connectivity index (χ0v) is 15.3. The fourth-order valence-electron chi connectivity index (χ4n) is 3.63. The van der Waals surface area contributed by atoms with Crippen molar-refractivity contribution in [3.63, 3.8) is 0 Å². The maximum absolute atomic E-state index is 12.8. The van der Waals surface area contributed by atoms with Gasteiger partial charge in [-0.2, -0.15) is 4.31 Å². The van der Waals surface area contributed by atoms with Gasteiger partial charge in [0.05, 0.1) is 9.82 Å². The van der Waals surface area contributed by atoms with Crippen molar-refractivity contribution in [2.75, 3.05) is 7.05 Å². The first-order chi connectivity index (χ1) is 10.8. The minimum absolute atomic E-state index is 0. The quantitative estimate of drug-likeness (QED) is 0.643. The Hall–Kier alpha value is -1.22. The Bertz CT molecular complexity index is 728. The highest BCUT2D eigenvalue weighted by atomic mass is 35.5. The van der Waals surface area contributed by atoms with Crippen LogP contribution in [0.4, 0.5) is 5.69 Å². The molecule has 24 heavy (non-hydrogen) atoms. The summed E-state index contributed by atoms with van der Waals surface area (Å²) in [6.07, 6.45) is 3.76. The molecule has 2 atom stereocenters. The summed E-state index contributed by atoms with van der Waals surface area (Å²) in [6, 6.07) is 4.80. The number of nitrogens with one attached hydrogen (secondary N) is 1. The first-order valence-electron chi connectivity index (χ1n) is 7.78. The van der Waals surface area contributed by atoms with Gasteiger partial charge in [-0.3, -0.25) is 10.1 Å². The van der Waals surface area contributed by atoms with E-state index in [1.807, 2.05) is 0 Å². The second-order valence-electron chi connectivity index (χ2n) is 6.49. The monoisotopic (exact) mass is 375 g/mol. The molecule has 2 aliphatic heterocycles. The molecule has 2 fully saturated rings. The average Bonchev–Trinajstić information content (AvgIpc) is 2.84. The highest BCUT2D eigenvalue weighted by Crippen LogP contribution is 2.32. The van der Waals surface area contributed by atoms with Gasteiger partial charge in [0.1, 0.15) is 0 Å². The maximum atomic E-state index is 12.8. The number of fused-ring (bicyclic) bond motifs is 2. The Morgan fingerprint density at radius 3 is 2.38 bits per heavy atom. The molecule has 0 spiro atoms. The molecule has 0 aromatic heterocycles. The van der Waals surface area contributed by atoms with Crippen LogP contribution in [0.3, 0.4) is 0 Å². The average molecular weight is 376 g/mol. The molecule has 0 amide bonds. The molecule has 2 saturated heterocycles. The van der Waals surface area contributed by atoms with E-state index in [-0.39, 0.29) is 29.0 Å². The molecule has 2 unspecified atom stereocenters. The number of hydrogen-bond acceptors (Lipinski definition) is 5. The number of aryl methyl sites for hydroxylation is 1. The number of sulfonamides is 1. The van der Waals surface area contributed by atoms with Crippen LogP contribution in [0.1, 0.15) is 31.2 Å². The van der Waals surface area contributed by atoms with Crippen LogP contribution in [-0.2, 0) is 10.0 Å². The van der Waals surface area contributed by atoms with Gasteiger partial charge in [0.15, 0.2) is 0 Å². The van der Waals surface area contributed by atoms with Gasteiger partial charge in [0.25, 0.3) is 5.69 Å². The Morgan fingerprint density at radius 2 is 1.83 bits per heavy atom. The van der Waals surface area contributed by atoms with Gasteiger partial charge in [-0.05, 0) is 38.7 Å². The Kier molecular flexibility index (Phi) is 5.54. The Morgan fingerprint density at radius 1 is 1.25 bits per heavy atom. The third-order valence-electron chi connectivity index (χ3n) is 5.02. The molecule has 134 valence electrons. The summed E-state index contributed by atoms with van der Waals surface area (Å²) in [4.78, 5) is 10.5. The second-order valence-corrected chi connectivity index (χ2v) is 8.49. The van der Waals surface area contributed by atoms with E-state index in [1.54, 1.807) is 14.0 Å². The molecule has 0 saturated carbocycles. The lowest BCUT2D eigenvalue weighted by Crippen LogP contribution is -2.48. The SMILES string of the molecule is Cc1ccc(S(=O)(=O)N(C)C2CC3CCC(C2)N3)cc1[N+](=O)[O-].Cl. The topological polar surface area (TPSA) is 92.6 Å². The number of halogens is 1. The first-order valence-corrected chi connectivity index (χ1v) is 9.22. The first kappa shape index (κ1) is 19.1. The molecule has 2 heterocycles. The number of rotatable bonds is 4. The number of hydrogen-bond donors (Lipinski definition) is 1. The van der Waals surface area contributed by atoms with Crippen molar-refractivity contribution in [2.24, 2.45) is 0 Å². The third-order valence-corrected chi connectivity index (χ3v) is 6.92. The lowest BCUT2D eigenvalue weighted by molar-refractivity contribution is -0.385. The van der Waals surface area contributed by atoms with Crippen molar-refractivity contribution < 1.29 is 13.3 Å². The largest absolute Gasteiger partial charge is 0.311 e. The summed E-state index contributed by atoms with van der Waals surface area (Å²) >= 11 is 0. The molecule has 1 aromatic carbocycles. The second kappa shape index (κ2) is 6.95. The van der Waals surface area contributed by atoms with E-state index in [1.165, 1.54) is 16.4 Å². The van der Waals surface area contributed by atoms with E-state index >= 15 is 0 Å². The van der Waals surface area contributed by atoms with Crippen LogP contribution in [0.5, 0.6) is 0 Å². The van der Waals surface area contributed by atoms with Gasteiger partial charge in [0, 0.05) is 36.8 Å². The van der Waals surface area contributed by atoms with Crippen LogP contribution in [0.15, 0.2) is 23.1 Å². The molecule has 0 radical (unpaired) electrons. The summed E-state index contributed by atoms with van der Waals surface area (Å²) in [5, 5.41) is 14.5. The molecule has 2 bridgehead atoms. The summed E-state index contributed by atoms with van der Waals surface area (Å²) < 4.78 is 27.1. The van der Waals surface area contributed by atoms with Crippen LogP contribution in [0, 0.1) is 17.0 Å². The van der Waals surface area contributed by atoms with Crippen molar-refractivity contribution in [2.45, 2.75) is 55.6 Å². The van der Waals surface area contributed by atoms with Crippen molar-refractivity contribution in [1.82, 2.24) is 9.62 Å². The number of benzene rings is 1. The normalized spacial score (nSPS) is 26.2. The smallest absolute Gasteiger partial charge is 0.273 e. The molecule has 2 aliphatic rings. The summed E-state index contributed by atoms with van der Waals surface area (Å²) in [5.41, 5.74) is 0.293. The molecule has 1 aromatic rings. The fraction of sp³-hybridized carbons (Fsp3) is 0.600. The molecule has 3 rings (SSSR count). The molecule has 1 N–H and O–H groups in total. The predicted molar refractivity (Wildman–Crippen MR) is 93.0 cm³/mol. The summed E-state index contributed by atoms with van der Waals surface area (Å²) in [6.45, 7) is 1.60. The van der Waals surface area contributed by atoms with Crippen molar-refractivity contribution in [3.8, 4) is 0 Å². The number of nitro groups is 1. The van der Waals surface area contributed by atoms with Crippen molar-refractivity contribution >= 4 is 28.1 Å². The molecular formula is C15H22ClN3O4S. The zero-order valence-electron chi connectivity index (χ0n) is 13.6. The van der Waals surface area contributed by atoms with E-state index in [9.17, 15) is 18.5 Å². The van der Waals surface area contributed by atoms with Gasteiger partial charge in [-0.25, -0.2) is 8.42 Å². The van der Waals surface area contributed by atoms with Crippen LogP contribution in [-0.4, -0.2) is 42.8 Å². The van der Waals surface area contributed by atoms with Gasteiger partial charge < -0.3 is 5.32 Å². The van der Waals surface area contributed by atoms with E-state index in [0.29, 0.717) is 17.6 Å². The summed E-state index contributed by atoms with van der Waals surface area (Å²) in [7, 11) is -2.15. The van der Waals surface area contributed by atoms with Gasteiger partial charge >= 0.3 is 0 Å². The number of nitrogens with zero attached hydrogens (tertiary/aromatic N) is 2. The Balaban J connectivity index is 0.00000208. The summed E-state index contributed by atoms with van der Waals surface area (Å²) in [5.74, 6) is 0. The minimum atomic E-state index is -3.73. The third kappa shape index (κ3) is 3.42. The standard InChI is InChI=1S/C15H21N3O4S.ClH/c1-10-3-6-14(9-15(10)18(19)20)23(21,22)17(2)13-7-11-4-5-12(8-13)16-11;/h3,6,9,11-13,16H,4-5,7-8H2,1-2H3;1H. The van der Waals surface area contributed by atoms with Crippen molar-refractivity contribution in [3.05, 3.63) is 33.9 Å². The number of nitro benzene ring substituents is 1. The van der Waals surface area contributed by atoms with Gasteiger partial charge in [-0.1, -0.05) is 6.07 Å². The van der Waals surface area contributed by atoms with E-state index in [4.69, 9.17) is 0 Å². The lowest BCUT2D eigenvalue weighted by atomic mass is 10.0. The number of piperidine rings is 1. The van der Waals surface area contributed by atoms with Gasteiger partial charge in [-0.15, -0.1) is 12.4 Å². The highest BCUT2D eigenvalue weighted by molar-refractivity contribution is 7.89. The van der Waals surface area contributed by atoms with Crippen molar-refractivity contribution in [1.29, 1.82) is 0 Å². The van der Waals surface area contributed by atoms with Crippen LogP contribution < -0.4 is 5.32 Å². The minimum Gasteiger partial charge on any atom is -0.311 e.